The van der Waals surface area contributed by atoms with Crippen molar-refractivity contribution < 1.29 is 13.9 Å². The van der Waals surface area contributed by atoms with Gasteiger partial charge in [0.05, 0.1) is 36.1 Å². The van der Waals surface area contributed by atoms with Crippen molar-refractivity contribution in [1.29, 1.82) is 0 Å². The smallest absolute Gasteiger partial charge is 0.150 e. The Balaban J connectivity index is 1.96. The first-order valence-electron chi connectivity index (χ1n) is 11.2. The first kappa shape index (κ1) is 24.4. The first-order chi connectivity index (χ1) is 15.2. The Morgan fingerprint density at radius 2 is 1.81 bits per heavy atom. The summed E-state index contributed by atoms with van der Waals surface area (Å²) in [5.74, 6) is -0.323. The van der Waals surface area contributed by atoms with Crippen LogP contribution in [0.25, 0.3) is 17.1 Å². The molecule has 0 fully saturated rings. The molecular formula is C26H35FN2O2Si. The molecule has 0 radical (unpaired) electrons. The van der Waals surface area contributed by atoms with Gasteiger partial charge >= 0.3 is 0 Å². The molecular weight excluding hydrogens is 419 g/mol. The van der Waals surface area contributed by atoms with Crippen molar-refractivity contribution >= 4 is 25.2 Å². The number of pyridine rings is 1. The number of hydrogen-bond donors (Lipinski definition) is 0. The Bertz CT molecular complexity index is 1080. The quantitative estimate of drug-likeness (QED) is 0.246. The fourth-order valence-electron chi connectivity index (χ4n) is 3.64. The summed E-state index contributed by atoms with van der Waals surface area (Å²) in [5.41, 5.74) is 6.26. The van der Waals surface area contributed by atoms with Crippen LogP contribution in [0, 0.1) is 12.7 Å². The molecule has 0 amide bonds. The number of nitrogens with zero attached hydrogens (tertiary/aromatic N) is 2. The molecule has 3 rings (SSSR count). The molecule has 3 aromatic rings. The standard InChI is InChI=1S/C26H35FN2O2Si/c1-19(2)14-22-23(27)15-28-25-20(3)24(17-31-16-21-10-8-7-9-11-21)29(26(22)25)18-30-12-13-32(4,5)6/h7-11,14-15H,12-13,16-18H2,1-6H3. The number of rotatable bonds is 10. The van der Waals surface area contributed by atoms with E-state index >= 15 is 0 Å². The highest BCUT2D eigenvalue weighted by Crippen LogP contribution is 2.30. The van der Waals surface area contributed by atoms with Gasteiger partial charge in [-0.15, -0.1) is 0 Å². The van der Waals surface area contributed by atoms with Crippen molar-refractivity contribution in [2.45, 2.75) is 66.4 Å². The van der Waals surface area contributed by atoms with Crippen LogP contribution in [-0.2, 0) is 29.4 Å². The normalized spacial score (nSPS) is 11.8. The lowest BCUT2D eigenvalue weighted by atomic mass is 10.1. The summed E-state index contributed by atoms with van der Waals surface area (Å²) in [6.45, 7) is 14.9. The van der Waals surface area contributed by atoms with E-state index in [0.29, 0.717) is 32.1 Å². The number of fused-ring (bicyclic) bond motifs is 1. The van der Waals surface area contributed by atoms with E-state index in [0.717, 1.165) is 39.5 Å². The third-order valence-electron chi connectivity index (χ3n) is 5.43. The van der Waals surface area contributed by atoms with Gasteiger partial charge in [0.25, 0.3) is 0 Å². The van der Waals surface area contributed by atoms with E-state index in [1.54, 1.807) is 0 Å². The van der Waals surface area contributed by atoms with Crippen molar-refractivity contribution in [3.05, 3.63) is 70.3 Å². The molecule has 0 saturated carbocycles. The van der Waals surface area contributed by atoms with Crippen molar-refractivity contribution in [1.82, 2.24) is 9.55 Å². The highest BCUT2D eigenvalue weighted by atomic mass is 28.3. The van der Waals surface area contributed by atoms with Gasteiger partial charge in [0.1, 0.15) is 6.73 Å². The number of aryl methyl sites for hydroxylation is 1. The molecule has 1 aromatic carbocycles. The summed E-state index contributed by atoms with van der Waals surface area (Å²) in [6, 6.07) is 11.2. The molecule has 0 aliphatic rings. The maximum absolute atomic E-state index is 14.8. The van der Waals surface area contributed by atoms with Gasteiger partial charge in [-0.25, -0.2) is 4.39 Å². The second-order valence-electron chi connectivity index (χ2n) is 9.76. The second kappa shape index (κ2) is 10.6. The van der Waals surface area contributed by atoms with Gasteiger partial charge in [0, 0.05) is 20.2 Å². The Kier molecular flexibility index (Phi) is 8.04. The van der Waals surface area contributed by atoms with Gasteiger partial charge in [-0.3, -0.25) is 4.98 Å². The molecule has 0 bridgehead atoms. The lowest BCUT2D eigenvalue weighted by molar-refractivity contribution is 0.0712. The Morgan fingerprint density at radius 3 is 2.47 bits per heavy atom. The van der Waals surface area contributed by atoms with Gasteiger partial charge in [-0.2, -0.15) is 0 Å². The molecule has 32 heavy (non-hydrogen) atoms. The SMILES string of the molecule is CC(C)=Cc1c(F)cnc2c(C)c(COCc3ccccc3)n(COCC[Si](C)(C)C)c12. The van der Waals surface area contributed by atoms with Crippen molar-refractivity contribution in [2.24, 2.45) is 0 Å². The molecule has 2 heterocycles. The number of halogens is 1. The maximum Gasteiger partial charge on any atom is 0.150 e. The van der Waals surface area contributed by atoms with E-state index in [1.165, 1.54) is 6.20 Å². The summed E-state index contributed by atoms with van der Waals surface area (Å²) >= 11 is 0. The van der Waals surface area contributed by atoms with Crippen molar-refractivity contribution in [2.75, 3.05) is 6.61 Å². The van der Waals surface area contributed by atoms with E-state index in [9.17, 15) is 4.39 Å². The first-order valence-corrected chi connectivity index (χ1v) is 14.9. The molecule has 0 unspecified atom stereocenters. The summed E-state index contributed by atoms with van der Waals surface area (Å²) in [4.78, 5) is 4.43. The molecule has 0 spiro atoms. The topological polar surface area (TPSA) is 36.3 Å². The zero-order valence-corrected chi connectivity index (χ0v) is 21.2. The van der Waals surface area contributed by atoms with Gasteiger partial charge in [0.15, 0.2) is 5.82 Å². The van der Waals surface area contributed by atoms with Gasteiger partial charge in [-0.1, -0.05) is 61.6 Å². The minimum Gasteiger partial charge on any atom is -0.371 e. The summed E-state index contributed by atoms with van der Waals surface area (Å²) < 4.78 is 29.0. The molecule has 2 aromatic heterocycles. The molecule has 172 valence electrons. The second-order valence-corrected chi connectivity index (χ2v) is 15.4. The number of aromatic nitrogens is 2. The van der Waals surface area contributed by atoms with Crippen LogP contribution in [0.1, 0.15) is 36.2 Å². The average molecular weight is 455 g/mol. The van der Waals surface area contributed by atoms with E-state index < -0.39 is 8.07 Å². The van der Waals surface area contributed by atoms with Gasteiger partial charge in [0.2, 0.25) is 0 Å². The zero-order chi connectivity index (χ0) is 23.3. The van der Waals surface area contributed by atoms with Crippen LogP contribution in [0.15, 0.2) is 42.1 Å². The maximum atomic E-state index is 14.8. The number of hydrogen-bond acceptors (Lipinski definition) is 3. The fourth-order valence-corrected chi connectivity index (χ4v) is 4.40. The van der Waals surface area contributed by atoms with Crippen LogP contribution in [0.4, 0.5) is 4.39 Å². The van der Waals surface area contributed by atoms with E-state index in [1.807, 2.05) is 61.7 Å². The Hall–Kier alpha value is -2.28. The van der Waals surface area contributed by atoms with Crippen molar-refractivity contribution in [3.63, 3.8) is 0 Å². The third-order valence-corrected chi connectivity index (χ3v) is 7.13. The highest BCUT2D eigenvalue weighted by Gasteiger charge is 2.21. The molecule has 0 N–H and O–H groups in total. The van der Waals surface area contributed by atoms with E-state index in [-0.39, 0.29) is 5.82 Å². The monoisotopic (exact) mass is 454 g/mol. The summed E-state index contributed by atoms with van der Waals surface area (Å²) in [6.07, 6.45) is 3.20. The van der Waals surface area contributed by atoms with Crippen LogP contribution in [-0.4, -0.2) is 24.2 Å². The molecule has 0 atom stereocenters. The van der Waals surface area contributed by atoms with E-state index in [4.69, 9.17) is 9.47 Å². The highest BCUT2D eigenvalue weighted by molar-refractivity contribution is 6.76. The third kappa shape index (κ3) is 6.15. The zero-order valence-electron chi connectivity index (χ0n) is 20.2. The predicted molar refractivity (Wildman–Crippen MR) is 133 cm³/mol. The molecule has 6 heteroatoms. The van der Waals surface area contributed by atoms with Crippen molar-refractivity contribution in [3.8, 4) is 0 Å². The van der Waals surface area contributed by atoms with Gasteiger partial charge < -0.3 is 14.0 Å². The van der Waals surface area contributed by atoms with Crippen LogP contribution < -0.4 is 0 Å². The minimum absolute atomic E-state index is 0.323. The molecule has 0 aliphatic heterocycles. The average Bonchev–Trinajstić information content (AvgIpc) is 2.99. The van der Waals surface area contributed by atoms with Crippen LogP contribution in [0.2, 0.25) is 25.7 Å². The van der Waals surface area contributed by atoms with E-state index in [2.05, 4.69) is 24.6 Å². The molecule has 0 aliphatic carbocycles. The summed E-state index contributed by atoms with van der Waals surface area (Å²) in [5, 5.41) is 0. The Morgan fingerprint density at radius 1 is 1.09 bits per heavy atom. The molecule has 0 saturated heterocycles. The number of ether oxygens (including phenoxy) is 2. The lowest BCUT2D eigenvalue weighted by Crippen LogP contribution is -2.22. The lowest BCUT2D eigenvalue weighted by Gasteiger charge is -2.17. The van der Waals surface area contributed by atoms with Crippen LogP contribution >= 0.6 is 0 Å². The van der Waals surface area contributed by atoms with Gasteiger partial charge in [-0.05, 0) is 37.9 Å². The number of allylic oxidation sites excluding steroid dienone is 1. The minimum atomic E-state index is -1.20. The van der Waals surface area contributed by atoms with Crippen LogP contribution in [0.5, 0.6) is 0 Å². The fraction of sp³-hybridized carbons (Fsp3) is 0.423. The Labute approximate surface area is 192 Å². The van der Waals surface area contributed by atoms with Crippen LogP contribution in [0.3, 0.4) is 0 Å². The number of benzene rings is 1. The largest absolute Gasteiger partial charge is 0.371 e. The predicted octanol–water partition coefficient (Wildman–Crippen LogP) is 6.94. The summed E-state index contributed by atoms with van der Waals surface area (Å²) in [7, 11) is -1.20. The molecule has 4 nitrogen and oxygen atoms in total.